The molecular formula is C27H30ClN3O4S. The van der Waals surface area contributed by atoms with Crippen LogP contribution in [0.25, 0.3) is 0 Å². The number of carbonyl (C=O) groups excluding carboxylic acids is 2. The first kappa shape index (κ1) is 27.2. The van der Waals surface area contributed by atoms with Gasteiger partial charge < -0.3 is 10.2 Å². The third-order valence-electron chi connectivity index (χ3n) is 5.85. The van der Waals surface area contributed by atoms with Crippen LogP contribution in [0.5, 0.6) is 0 Å². The molecule has 3 aromatic rings. The zero-order valence-corrected chi connectivity index (χ0v) is 22.3. The van der Waals surface area contributed by atoms with Gasteiger partial charge in [0.25, 0.3) is 10.0 Å². The Morgan fingerprint density at radius 1 is 0.944 bits per heavy atom. The van der Waals surface area contributed by atoms with Gasteiger partial charge in [-0.15, -0.1) is 0 Å². The molecule has 2 amide bonds. The summed E-state index contributed by atoms with van der Waals surface area (Å²) in [5, 5.41) is 2.97. The Kier molecular flexibility index (Phi) is 8.76. The zero-order chi connectivity index (χ0) is 26.5. The summed E-state index contributed by atoms with van der Waals surface area (Å²) in [4.78, 5) is 27.6. The highest BCUT2D eigenvalue weighted by Crippen LogP contribution is 2.26. The molecule has 1 N–H and O–H groups in total. The number of nitrogens with zero attached hydrogens (tertiary/aromatic N) is 2. The normalized spacial score (nSPS) is 12.0. The molecule has 0 aliphatic rings. The molecule has 3 rings (SSSR count). The highest BCUT2D eigenvalue weighted by molar-refractivity contribution is 7.92. The number of rotatable bonds is 9. The van der Waals surface area contributed by atoms with E-state index in [1.165, 1.54) is 36.2 Å². The first-order chi connectivity index (χ1) is 17.0. The number of benzene rings is 3. The van der Waals surface area contributed by atoms with E-state index in [9.17, 15) is 18.0 Å². The van der Waals surface area contributed by atoms with Crippen LogP contribution in [0.4, 0.5) is 5.69 Å². The van der Waals surface area contributed by atoms with Crippen LogP contribution in [0.2, 0.25) is 5.02 Å². The van der Waals surface area contributed by atoms with Crippen LogP contribution >= 0.6 is 11.6 Å². The van der Waals surface area contributed by atoms with E-state index < -0.39 is 28.5 Å². The fourth-order valence-corrected chi connectivity index (χ4v) is 5.31. The Bertz CT molecular complexity index is 1330. The average Bonchev–Trinajstić information content (AvgIpc) is 2.85. The summed E-state index contributed by atoms with van der Waals surface area (Å²) >= 11 is 5.96. The van der Waals surface area contributed by atoms with Gasteiger partial charge in [0.1, 0.15) is 12.6 Å². The number of nitrogens with one attached hydrogen (secondary N) is 1. The molecule has 0 aliphatic heterocycles. The monoisotopic (exact) mass is 527 g/mol. The van der Waals surface area contributed by atoms with Gasteiger partial charge >= 0.3 is 0 Å². The predicted octanol–water partition coefficient (Wildman–Crippen LogP) is 4.32. The van der Waals surface area contributed by atoms with Crippen molar-refractivity contribution < 1.29 is 18.0 Å². The van der Waals surface area contributed by atoms with Gasteiger partial charge in [-0.25, -0.2) is 8.42 Å². The van der Waals surface area contributed by atoms with Crippen LogP contribution < -0.4 is 9.62 Å². The fourth-order valence-electron chi connectivity index (χ4n) is 3.77. The summed E-state index contributed by atoms with van der Waals surface area (Å²) in [6.07, 6.45) is 0. The van der Waals surface area contributed by atoms with E-state index in [-0.39, 0.29) is 17.3 Å². The van der Waals surface area contributed by atoms with Gasteiger partial charge in [0.05, 0.1) is 10.6 Å². The second kappa shape index (κ2) is 11.6. The second-order valence-corrected chi connectivity index (χ2v) is 10.9. The molecule has 0 heterocycles. The number of sulfonamides is 1. The van der Waals surface area contributed by atoms with Crippen LogP contribution in [-0.2, 0) is 26.2 Å². The number of hydrogen-bond donors (Lipinski definition) is 1. The Balaban J connectivity index is 2.02. The van der Waals surface area contributed by atoms with Crippen LogP contribution in [0, 0.1) is 13.8 Å². The minimum absolute atomic E-state index is 0.00450. The molecular weight excluding hydrogens is 498 g/mol. The molecule has 0 aromatic heterocycles. The molecule has 0 bridgehead atoms. The third kappa shape index (κ3) is 6.44. The van der Waals surface area contributed by atoms with Gasteiger partial charge in [0, 0.05) is 18.6 Å². The maximum absolute atomic E-state index is 13.7. The van der Waals surface area contributed by atoms with E-state index in [0.29, 0.717) is 10.7 Å². The van der Waals surface area contributed by atoms with Crippen LogP contribution in [0.3, 0.4) is 0 Å². The Hall–Kier alpha value is -3.36. The van der Waals surface area contributed by atoms with E-state index >= 15 is 0 Å². The first-order valence-corrected chi connectivity index (χ1v) is 13.3. The van der Waals surface area contributed by atoms with Crippen molar-refractivity contribution in [1.82, 2.24) is 10.2 Å². The lowest BCUT2D eigenvalue weighted by molar-refractivity contribution is -0.139. The number of likely N-dealkylation sites (N-methyl/N-ethyl adjacent to an activating group) is 1. The molecule has 0 spiro atoms. The van der Waals surface area contributed by atoms with Crippen molar-refractivity contribution in [3.05, 3.63) is 94.5 Å². The maximum atomic E-state index is 13.7. The number of halogens is 1. The van der Waals surface area contributed by atoms with Crippen molar-refractivity contribution in [3.63, 3.8) is 0 Å². The Labute approximate surface area is 217 Å². The highest BCUT2D eigenvalue weighted by Gasteiger charge is 2.32. The van der Waals surface area contributed by atoms with Crippen LogP contribution in [0.1, 0.15) is 23.6 Å². The van der Waals surface area contributed by atoms with Crippen molar-refractivity contribution >= 4 is 39.1 Å². The molecule has 7 nitrogen and oxygen atoms in total. The Morgan fingerprint density at radius 3 is 2.17 bits per heavy atom. The van der Waals surface area contributed by atoms with Gasteiger partial charge in [0.2, 0.25) is 11.8 Å². The van der Waals surface area contributed by atoms with Crippen LogP contribution in [-0.4, -0.2) is 44.8 Å². The summed E-state index contributed by atoms with van der Waals surface area (Å²) in [5.41, 5.74) is 3.14. The second-order valence-electron chi connectivity index (χ2n) is 8.60. The molecule has 36 heavy (non-hydrogen) atoms. The minimum Gasteiger partial charge on any atom is -0.357 e. The summed E-state index contributed by atoms with van der Waals surface area (Å²) in [5.74, 6) is -0.857. The molecule has 190 valence electrons. The largest absolute Gasteiger partial charge is 0.357 e. The van der Waals surface area contributed by atoms with E-state index in [1.807, 2.05) is 38.1 Å². The average molecular weight is 528 g/mol. The standard InChI is InChI=1S/C27H30ClN3O4S/c1-19-8-12-24(13-9-19)31(36(34,35)25-14-10-23(28)11-15-25)18-26(32)30(21(3)27(33)29-4)17-22-7-5-6-20(2)16-22/h5-16,21H,17-18H2,1-4H3,(H,29,33)/t21-/m0/s1. The van der Waals surface area contributed by atoms with Gasteiger partial charge in [-0.2, -0.15) is 0 Å². The number of amides is 2. The first-order valence-electron chi connectivity index (χ1n) is 11.4. The quantitative estimate of drug-likeness (QED) is 0.449. The summed E-state index contributed by atoms with van der Waals surface area (Å²) in [7, 11) is -2.62. The van der Waals surface area contributed by atoms with E-state index in [1.54, 1.807) is 31.2 Å². The van der Waals surface area contributed by atoms with Crippen LogP contribution in [0.15, 0.2) is 77.7 Å². The maximum Gasteiger partial charge on any atom is 0.264 e. The van der Waals surface area contributed by atoms with Crippen molar-refractivity contribution in [3.8, 4) is 0 Å². The smallest absolute Gasteiger partial charge is 0.264 e. The molecule has 3 aromatic carbocycles. The lowest BCUT2D eigenvalue weighted by Gasteiger charge is -2.32. The van der Waals surface area contributed by atoms with E-state index in [4.69, 9.17) is 11.6 Å². The lowest BCUT2D eigenvalue weighted by atomic mass is 10.1. The predicted molar refractivity (Wildman–Crippen MR) is 142 cm³/mol. The van der Waals surface area contributed by atoms with Crippen molar-refractivity contribution in [2.45, 2.75) is 38.3 Å². The number of anilines is 1. The van der Waals surface area contributed by atoms with E-state index in [0.717, 1.165) is 21.0 Å². The van der Waals surface area contributed by atoms with E-state index in [2.05, 4.69) is 5.32 Å². The molecule has 9 heteroatoms. The zero-order valence-electron chi connectivity index (χ0n) is 20.7. The van der Waals surface area contributed by atoms with Crippen molar-refractivity contribution in [2.75, 3.05) is 17.9 Å². The SMILES string of the molecule is CNC(=O)[C@H](C)N(Cc1cccc(C)c1)C(=O)CN(c1ccc(C)cc1)S(=O)(=O)c1ccc(Cl)cc1. The van der Waals surface area contributed by atoms with Crippen molar-refractivity contribution in [1.29, 1.82) is 0 Å². The molecule has 0 saturated heterocycles. The third-order valence-corrected chi connectivity index (χ3v) is 7.89. The highest BCUT2D eigenvalue weighted by atomic mass is 35.5. The number of carbonyl (C=O) groups is 2. The van der Waals surface area contributed by atoms with Crippen molar-refractivity contribution in [2.24, 2.45) is 0 Å². The van der Waals surface area contributed by atoms with Gasteiger partial charge in [-0.1, -0.05) is 59.1 Å². The number of hydrogen-bond acceptors (Lipinski definition) is 4. The topological polar surface area (TPSA) is 86.8 Å². The molecule has 0 unspecified atom stereocenters. The molecule has 0 saturated carbocycles. The minimum atomic E-state index is -4.12. The summed E-state index contributed by atoms with van der Waals surface area (Å²) in [6, 6.07) is 19.4. The van der Waals surface area contributed by atoms with Gasteiger partial charge in [0.15, 0.2) is 0 Å². The molecule has 0 aliphatic carbocycles. The number of aryl methyl sites for hydroxylation is 2. The lowest BCUT2D eigenvalue weighted by Crippen LogP contribution is -2.50. The Morgan fingerprint density at radius 2 is 1.58 bits per heavy atom. The summed E-state index contributed by atoms with van der Waals surface area (Å²) in [6.45, 7) is 5.12. The molecule has 0 radical (unpaired) electrons. The molecule has 0 fully saturated rings. The van der Waals surface area contributed by atoms with Gasteiger partial charge in [-0.3, -0.25) is 13.9 Å². The molecule has 1 atom stereocenters. The summed E-state index contributed by atoms with van der Waals surface area (Å²) < 4.78 is 28.4. The van der Waals surface area contributed by atoms with Gasteiger partial charge in [-0.05, 0) is 62.7 Å². The fraction of sp³-hybridized carbons (Fsp3) is 0.259.